The minimum atomic E-state index is 0.0386. The van der Waals surface area contributed by atoms with Gasteiger partial charge in [-0.3, -0.25) is 0 Å². The summed E-state index contributed by atoms with van der Waals surface area (Å²) in [6.07, 6.45) is 2.98. The van der Waals surface area contributed by atoms with E-state index < -0.39 is 0 Å². The molecule has 0 saturated heterocycles. The number of ether oxygens (including phenoxy) is 1. The molecule has 0 atom stereocenters. The average Bonchev–Trinajstić information content (AvgIpc) is 2.70. The summed E-state index contributed by atoms with van der Waals surface area (Å²) >= 11 is 0. The Morgan fingerprint density at radius 3 is 3.00 bits per heavy atom. The predicted octanol–water partition coefficient (Wildman–Crippen LogP) is 0.323. The highest BCUT2D eigenvalue weighted by molar-refractivity contribution is 5.84. The van der Waals surface area contributed by atoms with Crippen LogP contribution in [0.2, 0.25) is 0 Å². The maximum atomic E-state index is 8.70. The van der Waals surface area contributed by atoms with Crippen LogP contribution in [-0.4, -0.2) is 29.8 Å². The molecule has 86 valence electrons. The molecule has 0 amide bonds. The fourth-order valence-electron chi connectivity index (χ4n) is 1.81. The maximum absolute atomic E-state index is 8.70. The number of rotatable bonds is 5. The number of aliphatic hydroxyl groups excluding tert-OH is 1. The molecule has 0 fully saturated rings. The molecular formula is C12H17N2O2+. The van der Waals surface area contributed by atoms with Crippen LogP contribution in [0, 0.1) is 0 Å². The number of hydrogen-bond donors (Lipinski definition) is 3. The van der Waals surface area contributed by atoms with Crippen molar-refractivity contribution in [3.63, 3.8) is 0 Å². The molecule has 0 saturated carbocycles. The quantitative estimate of drug-likeness (QED) is 0.680. The van der Waals surface area contributed by atoms with E-state index in [2.05, 4.69) is 10.7 Å². The summed E-state index contributed by atoms with van der Waals surface area (Å²) in [7, 11) is 0. The lowest BCUT2D eigenvalue weighted by molar-refractivity contribution is -0.366. The minimum absolute atomic E-state index is 0.0386. The fourth-order valence-corrected chi connectivity index (χ4v) is 1.81. The molecule has 4 nitrogen and oxygen atoms in total. The van der Waals surface area contributed by atoms with Gasteiger partial charge < -0.3 is 20.6 Å². The molecule has 0 unspecified atom stereocenters. The van der Waals surface area contributed by atoms with Crippen molar-refractivity contribution in [2.75, 3.05) is 19.8 Å². The Hall–Kier alpha value is -1.52. The van der Waals surface area contributed by atoms with Crippen molar-refractivity contribution >= 4 is 10.9 Å². The topological polar surface area (TPSA) is 72.9 Å². The predicted molar refractivity (Wildman–Crippen MR) is 62.3 cm³/mol. The molecule has 0 spiro atoms. The lowest BCUT2D eigenvalue weighted by atomic mass is 10.1. The van der Waals surface area contributed by atoms with Gasteiger partial charge in [0.05, 0.1) is 13.2 Å². The van der Waals surface area contributed by atoms with E-state index in [1.165, 1.54) is 10.9 Å². The third-order valence-electron chi connectivity index (χ3n) is 2.55. The summed E-state index contributed by atoms with van der Waals surface area (Å²) in [5.41, 5.74) is 6.24. The smallest absolute Gasteiger partial charge is 0.120 e. The van der Waals surface area contributed by atoms with E-state index in [9.17, 15) is 0 Å². The van der Waals surface area contributed by atoms with Gasteiger partial charge in [-0.1, -0.05) is 0 Å². The number of H-pyrrole nitrogens is 1. The van der Waals surface area contributed by atoms with Gasteiger partial charge in [0.25, 0.3) is 0 Å². The molecule has 0 aliphatic rings. The molecule has 4 heteroatoms. The molecule has 0 radical (unpaired) electrons. The zero-order chi connectivity index (χ0) is 11.4. The van der Waals surface area contributed by atoms with Crippen molar-refractivity contribution in [1.82, 2.24) is 4.98 Å². The molecule has 0 aliphatic carbocycles. The van der Waals surface area contributed by atoms with Gasteiger partial charge >= 0.3 is 0 Å². The van der Waals surface area contributed by atoms with E-state index in [-0.39, 0.29) is 6.61 Å². The van der Waals surface area contributed by atoms with Gasteiger partial charge in [-0.05, 0) is 23.8 Å². The fraction of sp³-hybridized carbons (Fsp3) is 0.333. The molecule has 1 heterocycles. The SMILES string of the molecule is [NH3+]CCc1c[nH]c2ccc(OCCO)cc12. The van der Waals surface area contributed by atoms with Crippen molar-refractivity contribution in [3.05, 3.63) is 30.0 Å². The summed E-state index contributed by atoms with van der Waals surface area (Å²) in [6.45, 7) is 1.26. The van der Waals surface area contributed by atoms with Gasteiger partial charge in [0.1, 0.15) is 12.4 Å². The Morgan fingerprint density at radius 1 is 1.38 bits per heavy atom. The van der Waals surface area contributed by atoms with Crippen LogP contribution in [0.15, 0.2) is 24.4 Å². The molecule has 5 N–H and O–H groups in total. The third-order valence-corrected chi connectivity index (χ3v) is 2.55. The number of aromatic nitrogens is 1. The van der Waals surface area contributed by atoms with Crippen LogP contribution in [0.25, 0.3) is 10.9 Å². The average molecular weight is 221 g/mol. The second-order valence-corrected chi connectivity index (χ2v) is 3.70. The number of aromatic amines is 1. The summed E-state index contributed by atoms with van der Waals surface area (Å²) in [5, 5.41) is 9.88. The number of hydrogen-bond acceptors (Lipinski definition) is 2. The number of benzene rings is 1. The number of nitrogens with one attached hydrogen (secondary N) is 1. The van der Waals surface area contributed by atoms with Crippen LogP contribution < -0.4 is 10.5 Å². The van der Waals surface area contributed by atoms with Crippen LogP contribution in [0.5, 0.6) is 5.75 Å². The van der Waals surface area contributed by atoms with E-state index in [0.717, 1.165) is 24.2 Å². The van der Waals surface area contributed by atoms with Crippen molar-refractivity contribution < 1.29 is 15.6 Å². The lowest BCUT2D eigenvalue weighted by Crippen LogP contribution is -2.51. The standard InChI is InChI=1S/C12H16N2O2/c13-4-3-9-8-14-12-2-1-10(7-11(9)12)16-6-5-15/h1-2,7-8,14-15H,3-6,13H2/p+1. The van der Waals surface area contributed by atoms with E-state index >= 15 is 0 Å². The minimum Gasteiger partial charge on any atom is -0.491 e. The van der Waals surface area contributed by atoms with Gasteiger partial charge in [-0.15, -0.1) is 0 Å². The maximum Gasteiger partial charge on any atom is 0.120 e. The highest BCUT2D eigenvalue weighted by atomic mass is 16.5. The Labute approximate surface area is 94.0 Å². The first-order valence-electron chi connectivity index (χ1n) is 5.48. The van der Waals surface area contributed by atoms with Crippen LogP contribution >= 0.6 is 0 Å². The normalized spacial score (nSPS) is 10.9. The van der Waals surface area contributed by atoms with Crippen molar-refractivity contribution in [3.8, 4) is 5.75 Å². The van der Waals surface area contributed by atoms with Gasteiger partial charge in [-0.2, -0.15) is 0 Å². The third kappa shape index (κ3) is 2.18. The number of aliphatic hydroxyl groups is 1. The van der Waals surface area contributed by atoms with Gasteiger partial charge in [0.15, 0.2) is 0 Å². The summed E-state index contributed by atoms with van der Waals surface area (Å²) in [6, 6.07) is 5.91. The summed E-state index contributed by atoms with van der Waals surface area (Å²) in [4.78, 5) is 3.22. The Morgan fingerprint density at radius 2 is 2.25 bits per heavy atom. The zero-order valence-electron chi connectivity index (χ0n) is 9.20. The molecular weight excluding hydrogens is 204 g/mol. The first-order chi connectivity index (χ1) is 7.85. The molecule has 2 rings (SSSR count). The van der Waals surface area contributed by atoms with E-state index in [1.54, 1.807) is 0 Å². The van der Waals surface area contributed by atoms with E-state index in [1.807, 2.05) is 24.4 Å². The monoisotopic (exact) mass is 221 g/mol. The first kappa shape index (κ1) is 11.0. The Balaban J connectivity index is 2.30. The second kappa shape index (κ2) is 5.01. The molecule has 1 aromatic carbocycles. The van der Waals surface area contributed by atoms with Crippen molar-refractivity contribution in [2.45, 2.75) is 6.42 Å². The largest absolute Gasteiger partial charge is 0.491 e. The lowest BCUT2D eigenvalue weighted by Gasteiger charge is -2.04. The number of quaternary nitrogens is 1. The molecule has 16 heavy (non-hydrogen) atoms. The van der Waals surface area contributed by atoms with Crippen LogP contribution in [-0.2, 0) is 6.42 Å². The zero-order valence-corrected chi connectivity index (χ0v) is 9.20. The Kier molecular flexibility index (Phi) is 3.44. The molecule has 2 aromatic rings. The Bertz CT molecular complexity index is 465. The highest BCUT2D eigenvalue weighted by Gasteiger charge is 2.05. The second-order valence-electron chi connectivity index (χ2n) is 3.70. The summed E-state index contributed by atoms with van der Waals surface area (Å²) < 4.78 is 5.39. The molecule has 1 aromatic heterocycles. The molecule has 0 aliphatic heterocycles. The van der Waals surface area contributed by atoms with E-state index in [0.29, 0.717) is 6.61 Å². The van der Waals surface area contributed by atoms with Crippen LogP contribution in [0.3, 0.4) is 0 Å². The van der Waals surface area contributed by atoms with Crippen molar-refractivity contribution in [2.24, 2.45) is 0 Å². The van der Waals surface area contributed by atoms with Crippen LogP contribution in [0.1, 0.15) is 5.56 Å². The first-order valence-corrected chi connectivity index (χ1v) is 5.48. The van der Waals surface area contributed by atoms with E-state index in [4.69, 9.17) is 9.84 Å². The highest BCUT2D eigenvalue weighted by Crippen LogP contribution is 2.23. The van der Waals surface area contributed by atoms with Gasteiger partial charge in [-0.25, -0.2) is 0 Å². The van der Waals surface area contributed by atoms with Crippen LogP contribution in [0.4, 0.5) is 0 Å². The molecule has 0 bridgehead atoms. The summed E-state index contributed by atoms with van der Waals surface area (Å²) in [5.74, 6) is 0.798. The van der Waals surface area contributed by atoms with Gasteiger partial charge in [0.2, 0.25) is 0 Å². The number of fused-ring (bicyclic) bond motifs is 1. The van der Waals surface area contributed by atoms with Crippen molar-refractivity contribution in [1.29, 1.82) is 0 Å². The van der Waals surface area contributed by atoms with Gasteiger partial charge in [0, 0.05) is 23.5 Å².